The summed E-state index contributed by atoms with van der Waals surface area (Å²) in [6, 6.07) is 31.7. The summed E-state index contributed by atoms with van der Waals surface area (Å²) in [5, 5.41) is 23.4. The normalized spacial score (nSPS) is 12.5. The first kappa shape index (κ1) is 63.2. The van der Waals surface area contributed by atoms with Gasteiger partial charge in [0, 0.05) is 57.9 Å². The second kappa shape index (κ2) is 32.5. The van der Waals surface area contributed by atoms with Crippen molar-refractivity contribution in [1.29, 1.82) is 0 Å². The predicted molar refractivity (Wildman–Crippen MR) is 353 cm³/mol. The highest BCUT2D eigenvalue weighted by molar-refractivity contribution is 7.81. The zero-order valence-electron chi connectivity index (χ0n) is 46.3. The van der Waals surface area contributed by atoms with Crippen molar-refractivity contribution >= 4 is 148 Å². The lowest BCUT2D eigenvalue weighted by Gasteiger charge is -2.23. The molecular formula is C62H64Cl4N4O10S4. The van der Waals surface area contributed by atoms with Gasteiger partial charge in [0.2, 0.25) is 0 Å². The van der Waals surface area contributed by atoms with E-state index in [1.54, 1.807) is 61.2 Å². The molecule has 9 rings (SSSR count). The molecule has 0 unspecified atom stereocenters. The Bertz CT molecular complexity index is 3240. The van der Waals surface area contributed by atoms with E-state index in [-0.39, 0.29) is 23.4 Å². The summed E-state index contributed by atoms with van der Waals surface area (Å²) in [5.74, 6) is 2.07. The molecule has 84 heavy (non-hydrogen) atoms. The van der Waals surface area contributed by atoms with Crippen molar-refractivity contribution in [3.8, 4) is 43.9 Å². The quantitative estimate of drug-likeness (QED) is 0.0337. The van der Waals surface area contributed by atoms with E-state index in [4.69, 9.17) is 118 Å². The van der Waals surface area contributed by atoms with Gasteiger partial charge in [-0.1, -0.05) is 70.7 Å². The zero-order valence-corrected chi connectivity index (χ0v) is 52.6. The van der Waals surface area contributed by atoms with Crippen LogP contribution < -0.4 is 40.2 Å². The first-order valence-corrected chi connectivity index (χ1v) is 31.4. The molecule has 4 bridgehead atoms. The summed E-state index contributed by atoms with van der Waals surface area (Å²) in [6.45, 7) is 5.83. The molecule has 444 valence electrons. The molecule has 0 saturated carbocycles. The minimum Gasteiger partial charge on any atom is -0.494 e. The standard InChI is InChI=1S/C62H64Cl4N4O10S4/c1-71-19-21-73-23-25-75-27-29-79-57-49(63)33-43(34-50(57)64)67-61(81)69-53-13-9-39-7-11-45-37-47(39)55(53)56-48-38-46(78-18-4-6-42-16-32-84-60(42)59-41(15-31-83-59)5-3-17-77-45)12-8-40(48)10-14-54(56)70-62(82)68-44-35-51(65)58(52(66)36-44)80-30-28-76-26-24-74-22-20-72-2/h7-16,31-38H,3-6,17-30H2,1-2H3,(H2,67,69,81)(H2,68,70,82). The number of benzene rings is 6. The van der Waals surface area contributed by atoms with Crippen LogP contribution in [0, 0.1) is 0 Å². The van der Waals surface area contributed by atoms with Crippen LogP contribution in [0.4, 0.5) is 22.7 Å². The smallest absolute Gasteiger partial charge is 0.175 e. The van der Waals surface area contributed by atoms with Crippen LogP contribution in [0.15, 0.2) is 108 Å². The maximum absolute atomic E-state index is 6.80. The number of rotatable bonds is 24. The molecule has 0 amide bonds. The van der Waals surface area contributed by atoms with Gasteiger partial charge in [0.1, 0.15) is 24.7 Å². The van der Waals surface area contributed by atoms with E-state index in [1.807, 2.05) is 24.3 Å². The van der Waals surface area contributed by atoms with Crippen LogP contribution in [-0.4, -0.2) is 117 Å². The van der Waals surface area contributed by atoms with Crippen molar-refractivity contribution < 1.29 is 47.4 Å². The highest BCUT2D eigenvalue weighted by atomic mass is 35.5. The molecule has 0 aliphatic carbocycles. The molecule has 3 heterocycles. The first-order chi connectivity index (χ1) is 41.1. The van der Waals surface area contributed by atoms with Crippen LogP contribution in [0.1, 0.15) is 24.0 Å². The highest BCUT2D eigenvalue weighted by Gasteiger charge is 2.22. The van der Waals surface area contributed by atoms with E-state index in [9.17, 15) is 0 Å². The largest absolute Gasteiger partial charge is 0.494 e. The van der Waals surface area contributed by atoms with E-state index in [1.165, 1.54) is 20.9 Å². The van der Waals surface area contributed by atoms with Crippen LogP contribution in [-0.2, 0) is 41.3 Å². The lowest BCUT2D eigenvalue weighted by molar-refractivity contribution is 0.0180. The molecule has 14 nitrogen and oxygen atoms in total. The van der Waals surface area contributed by atoms with E-state index in [2.05, 4.69) is 80.6 Å². The van der Waals surface area contributed by atoms with E-state index in [0.29, 0.717) is 145 Å². The molecule has 0 radical (unpaired) electrons. The molecule has 2 aromatic heterocycles. The number of aryl methyl sites for hydroxylation is 2. The number of nitrogens with one attached hydrogen (secondary N) is 4. The third kappa shape index (κ3) is 17.5. The summed E-state index contributed by atoms with van der Waals surface area (Å²) < 4.78 is 57.4. The summed E-state index contributed by atoms with van der Waals surface area (Å²) >= 11 is 43.0. The molecule has 0 spiro atoms. The van der Waals surface area contributed by atoms with Crippen molar-refractivity contribution in [2.45, 2.75) is 25.7 Å². The molecule has 0 atom stereocenters. The number of methoxy groups -OCH3 is 2. The topological polar surface area (TPSA) is 140 Å². The number of thiophene rings is 2. The fourth-order valence-electron chi connectivity index (χ4n) is 9.34. The molecule has 6 aromatic carbocycles. The second-order valence-corrected chi connectivity index (χ2v) is 23.3. The fourth-order valence-corrected chi connectivity index (χ4v) is 13.1. The Morgan fingerprint density at radius 2 is 0.833 bits per heavy atom. The van der Waals surface area contributed by atoms with Gasteiger partial charge in [-0.25, -0.2) is 0 Å². The molecular weight excluding hydrogens is 1230 g/mol. The maximum Gasteiger partial charge on any atom is 0.175 e. The average Bonchev–Trinajstić information content (AvgIpc) is 3.59. The molecule has 8 aromatic rings. The molecule has 4 N–H and O–H groups in total. The SMILES string of the molecule is COCCOCCOCCOc1c(Cl)cc(NC(=S)Nc2ccc3ccc4cc3c2-c2c(NC(=S)Nc3cc(Cl)c(OCCOCCOCCOC)c(Cl)c3)ccc3ccc(cc23)OCCCc2ccsc2-c2sccc2CCCO4)cc1Cl. The average molecular weight is 1300 g/mol. The van der Waals surface area contributed by atoms with Gasteiger partial charge in [-0.3, -0.25) is 0 Å². The summed E-state index contributed by atoms with van der Waals surface area (Å²) in [5.41, 5.74) is 6.68. The molecule has 0 fully saturated rings. The number of anilines is 4. The van der Waals surface area contributed by atoms with Crippen molar-refractivity contribution in [2.75, 3.05) is 128 Å². The van der Waals surface area contributed by atoms with E-state index < -0.39 is 0 Å². The second-order valence-electron chi connectivity index (χ2n) is 19.0. The number of hydrogen-bond acceptors (Lipinski definition) is 14. The third-order valence-corrected chi connectivity index (χ3v) is 16.8. The van der Waals surface area contributed by atoms with Crippen molar-refractivity contribution in [1.82, 2.24) is 0 Å². The maximum atomic E-state index is 6.80. The Morgan fingerprint density at radius 3 is 1.23 bits per heavy atom. The van der Waals surface area contributed by atoms with Gasteiger partial charge in [0.05, 0.1) is 99.4 Å². The Kier molecular flexibility index (Phi) is 24.4. The lowest BCUT2D eigenvalue weighted by atomic mass is 9.90. The number of hydrogen-bond donors (Lipinski definition) is 4. The highest BCUT2D eigenvalue weighted by Crippen LogP contribution is 2.46. The van der Waals surface area contributed by atoms with E-state index >= 15 is 0 Å². The van der Waals surface area contributed by atoms with Crippen LogP contribution in [0.3, 0.4) is 0 Å². The number of halogens is 4. The predicted octanol–water partition coefficient (Wildman–Crippen LogP) is 16.1. The Balaban J connectivity index is 1.02. The molecule has 1 aliphatic heterocycles. The number of ether oxygens (including phenoxy) is 10. The summed E-state index contributed by atoms with van der Waals surface area (Å²) in [4.78, 5) is 2.66. The molecule has 0 saturated heterocycles. The van der Waals surface area contributed by atoms with Crippen molar-refractivity contribution in [3.05, 3.63) is 139 Å². The van der Waals surface area contributed by atoms with Crippen molar-refractivity contribution in [2.24, 2.45) is 0 Å². The zero-order chi connectivity index (χ0) is 58.6. The van der Waals surface area contributed by atoms with Crippen LogP contribution in [0.5, 0.6) is 23.0 Å². The Labute approximate surface area is 528 Å². The van der Waals surface area contributed by atoms with Gasteiger partial charge in [0.25, 0.3) is 0 Å². The van der Waals surface area contributed by atoms with E-state index in [0.717, 1.165) is 58.4 Å². The van der Waals surface area contributed by atoms with Crippen LogP contribution in [0.2, 0.25) is 20.1 Å². The monoisotopic (exact) mass is 1290 g/mol. The Hall–Kier alpha value is -5.26. The molecule has 1 aliphatic rings. The van der Waals surface area contributed by atoms with Crippen LogP contribution >= 0.6 is 93.5 Å². The van der Waals surface area contributed by atoms with Gasteiger partial charge in [0.15, 0.2) is 21.7 Å². The van der Waals surface area contributed by atoms with Gasteiger partial charge in [-0.15, -0.1) is 22.7 Å². The molecule has 22 heteroatoms. The lowest BCUT2D eigenvalue weighted by Crippen LogP contribution is -2.21. The minimum absolute atomic E-state index is 0.226. The Morgan fingerprint density at radius 1 is 0.464 bits per heavy atom. The fraction of sp³-hybridized carbons (Fsp3) is 0.323. The van der Waals surface area contributed by atoms with Gasteiger partial charge in [-0.05, 0) is 166 Å². The first-order valence-electron chi connectivity index (χ1n) is 27.3. The van der Waals surface area contributed by atoms with Gasteiger partial charge < -0.3 is 68.6 Å². The summed E-state index contributed by atoms with van der Waals surface area (Å²) in [6.07, 6.45) is 3.40. The van der Waals surface area contributed by atoms with Gasteiger partial charge >= 0.3 is 0 Å². The number of thiocarbonyl (C=S) groups is 2. The number of fused-ring (bicyclic) bond motifs is 6. The van der Waals surface area contributed by atoms with Crippen LogP contribution in [0.25, 0.3) is 42.4 Å². The van der Waals surface area contributed by atoms with Gasteiger partial charge in [-0.2, -0.15) is 0 Å². The minimum atomic E-state index is 0.226. The third-order valence-electron chi connectivity index (χ3n) is 13.2. The van der Waals surface area contributed by atoms with Crippen molar-refractivity contribution in [3.63, 3.8) is 0 Å². The summed E-state index contributed by atoms with van der Waals surface area (Å²) in [7, 11) is 3.26.